The van der Waals surface area contributed by atoms with Crippen LogP contribution in [0.25, 0.3) is 0 Å². The monoisotopic (exact) mass is 206 g/mol. The molecule has 2 aliphatic rings. The fraction of sp³-hybridized carbons (Fsp3) is 0.545. The Hall–Kier alpha value is -1.29. The lowest BCUT2D eigenvalue weighted by Gasteiger charge is -2.15. The number of fused-ring (bicyclic) bond motifs is 1. The summed E-state index contributed by atoms with van der Waals surface area (Å²) in [6, 6.07) is 3.38. The van der Waals surface area contributed by atoms with Crippen molar-refractivity contribution in [2.75, 3.05) is 6.54 Å². The van der Waals surface area contributed by atoms with Crippen molar-refractivity contribution in [2.24, 2.45) is 5.92 Å². The molecule has 1 aromatic heterocycles. The third kappa shape index (κ3) is 1.77. The van der Waals surface area contributed by atoms with Crippen LogP contribution < -0.4 is 10.1 Å². The molecule has 0 aromatic carbocycles. The average molecular weight is 206 g/mol. The molecular weight excluding hydrogens is 192 g/mol. The molecule has 1 aliphatic carbocycles. The van der Waals surface area contributed by atoms with E-state index in [1.165, 1.54) is 12.8 Å². The fourth-order valence-corrected chi connectivity index (χ4v) is 1.98. The van der Waals surface area contributed by atoms with Crippen LogP contribution in [0.2, 0.25) is 0 Å². The molecule has 0 saturated heterocycles. The zero-order valence-electron chi connectivity index (χ0n) is 8.44. The SMILES string of the molecule is Oc1ccc2c(n1)CNC[C@@H](C1CC1)O2. The molecule has 4 nitrogen and oxygen atoms in total. The molecule has 1 aliphatic heterocycles. The first-order valence-electron chi connectivity index (χ1n) is 5.39. The van der Waals surface area contributed by atoms with Crippen LogP contribution in [0.3, 0.4) is 0 Å². The molecule has 2 N–H and O–H groups in total. The van der Waals surface area contributed by atoms with Gasteiger partial charge in [0.1, 0.15) is 17.5 Å². The lowest BCUT2D eigenvalue weighted by atomic mass is 10.2. The molecule has 0 radical (unpaired) electrons. The van der Waals surface area contributed by atoms with E-state index in [4.69, 9.17) is 4.74 Å². The smallest absolute Gasteiger partial charge is 0.211 e. The molecule has 1 aromatic rings. The first kappa shape index (κ1) is 8.97. The minimum Gasteiger partial charge on any atom is -0.493 e. The predicted octanol–water partition coefficient (Wildman–Crippen LogP) is 1.05. The van der Waals surface area contributed by atoms with Crippen molar-refractivity contribution in [3.8, 4) is 11.6 Å². The summed E-state index contributed by atoms with van der Waals surface area (Å²) in [6.45, 7) is 1.55. The molecular formula is C11H14N2O2. The Balaban J connectivity index is 1.88. The van der Waals surface area contributed by atoms with Gasteiger partial charge in [-0.1, -0.05) is 0 Å². The number of aromatic hydroxyl groups is 1. The molecule has 0 spiro atoms. The summed E-state index contributed by atoms with van der Waals surface area (Å²) in [7, 11) is 0. The number of nitrogens with zero attached hydrogens (tertiary/aromatic N) is 1. The van der Waals surface area contributed by atoms with Gasteiger partial charge >= 0.3 is 0 Å². The Morgan fingerprint density at radius 2 is 2.27 bits per heavy atom. The van der Waals surface area contributed by atoms with Crippen LogP contribution in [0.15, 0.2) is 12.1 Å². The van der Waals surface area contributed by atoms with Gasteiger partial charge in [-0.3, -0.25) is 0 Å². The number of rotatable bonds is 1. The third-order valence-electron chi connectivity index (χ3n) is 2.98. The van der Waals surface area contributed by atoms with E-state index < -0.39 is 0 Å². The molecule has 1 saturated carbocycles. The highest BCUT2D eigenvalue weighted by Gasteiger charge is 2.34. The minimum atomic E-state index is 0.0593. The summed E-state index contributed by atoms with van der Waals surface area (Å²) in [5.41, 5.74) is 0.804. The van der Waals surface area contributed by atoms with E-state index in [9.17, 15) is 5.11 Å². The second-order valence-electron chi connectivity index (χ2n) is 4.24. The molecule has 0 unspecified atom stereocenters. The van der Waals surface area contributed by atoms with Gasteiger partial charge in [-0.15, -0.1) is 0 Å². The van der Waals surface area contributed by atoms with Crippen LogP contribution in [-0.2, 0) is 6.54 Å². The second-order valence-corrected chi connectivity index (χ2v) is 4.24. The van der Waals surface area contributed by atoms with Gasteiger partial charge in [0.15, 0.2) is 0 Å². The van der Waals surface area contributed by atoms with Crippen molar-refractivity contribution in [3.63, 3.8) is 0 Å². The van der Waals surface area contributed by atoms with Crippen molar-refractivity contribution < 1.29 is 9.84 Å². The predicted molar refractivity (Wildman–Crippen MR) is 54.7 cm³/mol. The van der Waals surface area contributed by atoms with Gasteiger partial charge in [-0.25, -0.2) is 4.98 Å². The van der Waals surface area contributed by atoms with E-state index in [2.05, 4.69) is 10.3 Å². The maximum atomic E-state index is 9.27. The average Bonchev–Trinajstić information content (AvgIpc) is 3.02. The van der Waals surface area contributed by atoms with Crippen LogP contribution in [0.5, 0.6) is 11.6 Å². The van der Waals surface area contributed by atoms with E-state index >= 15 is 0 Å². The lowest BCUT2D eigenvalue weighted by Crippen LogP contribution is -2.30. The zero-order chi connectivity index (χ0) is 10.3. The summed E-state index contributed by atoms with van der Waals surface area (Å²) in [6.07, 6.45) is 2.82. The van der Waals surface area contributed by atoms with Crippen molar-refractivity contribution >= 4 is 0 Å². The maximum absolute atomic E-state index is 9.27. The Kier molecular flexibility index (Phi) is 2.02. The molecule has 4 heteroatoms. The number of pyridine rings is 1. The summed E-state index contributed by atoms with van der Waals surface area (Å²) in [5, 5.41) is 12.6. The molecule has 1 fully saturated rings. The van der Waals surface area contributed by atoms with Crippen LogP contribution >= 0.6 is 0 Å². The topological polar surface area (TPSA) is 54.4 Å². The highest BCUT2D eigenvalue weighted by molar-refractivity contribution is 5.32. The number of hydrogen-bond donors (Lipinski definition) is 2. The minimum absolute atomic E-state index is 0.0593. The van der Waals surface area contributed by atoms with E-state index in [1.807, 2.05) is 0 Å². The first-order chi connectivity index (χ1) is 7.33. The van der Waals surface area contributed by atoms with Crippen LogP contribution in [0, 0.1) is 5.92 Å². The Bertz CT molecular complexity index is 377. The maximum Gasteiger partial charge on any atom is 0.211 e. The zero-order valence-corrected chi connectivity index (χ0v) is 8.44. The van der Waals surface area contributed by atoms with Crippen molar-refractivity contribution in [2.45, 2.75) is 25.5 Å². The number of nitrogens with one attached hydrogen (secondary N) is 1. The first-order valence-corrected chi connectivity index (χ1v) is 5.39. The van der Waals surface area contributed by atoms with E-state index in [-0.39, 0.29) is 12.0 Å². The van der Waals surface area contributed by atoms with Crippen LogP contribution in [0.1, 0.15) is 18.5 Å². The quantitative estimate of drug-likeness (QED) is 0.721. The summed E-state index contributed by atoms with van der Waals surface area (Å²) >= 11 is 0. The number of aromatic nitrogens is 1. The Morgan fingerprint density at radius 3 is 3.07 bits per heavy atom. The molecule has 0 amide bonds. The second kappa shape index (κ2) is 3.38. The summed E-state index contributed by atoms with van der Waals surface area (Å²) in [4.78, 5) is 4.06. The molecule has 0 bridgehead atoms. The summed E-state index contributed by atoms with van der Waals surface area (Å²) < 4.78 is 5.90. The van der Waals surface area contributed by atoms with E-state index in [1.54, 1.807) is 12.1 Å². The van der Waals surface area contributed by atoms with Gasteiger partial charge in [0.05, 0.1) is 0 Å². The third-order valence-corrected chi connectivity index (χ3v) is 2.98. The molecule has 80 valence electrons. The standard InChI is InChI=1S/C11H14N2O2/c14-11-4-3-9-8(13-11)5-12-6-10(15-9)7-1-2-7/h3-4,7,10,12H,1-2,5-6H2,(H,13,14)/t10-/m0/s1. The van der Waals surface area contributed by atoms with E-state index in [0.29, 0.717) is 12.5 Å². The fourth-order valence-electron chi connectivity index (χ4n) is 1.98. The van der Waals surface area contributed by atoms with Crippen molar-refractivity contribution in [1.82, 2.24) is 10.3 Å². The normalized spacial score (nSPS) is 25.2. The van der Waals surface area contributed by atoms with Gasteiger partial charge in [0.2, 0.25) is 5.88 Å². The van der Waals surface area contributed by atoms with Crippen LogP contribution in [0.4, 0.5) is 0 Å². The van der Waals surface area contributed by atoms with Crippen molar-refractivity contribution in [3.05, 3.63) is 17.8 Å². The van der Waals surface area contributed by atoms with Gasteiger partial charge < -0.3 is 15.2 Å². The van der Waals surface area contributed by atoms with E-state index in [0.717, 1.165) is 18.0 Å². The highest BCUT2D eigenvalue weighted by Crippen LogP contribution is 2.36. The summed E-state index contributed by atoms with van der Waals surface area (Å²) in [5.74, 6) is 1.58. The number of ether oxygens (including phenoxy) is 1. The van der Waals surface area contributed by atoms with Crippen molar-refractivity contribution in [1.29, 1.82) is 0 Å². The van der Waals surface area contributed by atoms with Gasteiger partial charge in [0, 0.05) is 19.2 Å². The Labute approximate surface area is 88.3 Å². The van der Waals surface area contributed by atoms with Gasteiger partial charge in [-0.2, -0.15) is 0 Å². The molecule has 1 atom stereocenters. The highest BCUT2D eigenvalue weighted by atomic mass is 16.5. The van der Waals surface area contributed by atoms with Gasteiger partial charge in [0.25, 0.3) is 0 Å². The largest absolute Gasteiger partial charge is 0.493 e. The van der Waals surface area contributed by atoms with Crippen LogP contribution in [-0.4, -0.2) is 22.7 Å². The molecule has 3 rings (SSSR count). The Morgan fingerprint density at radius 1 is 1.40 bits per heavy atom. The molecule has 15 heavy (non-hydrogen) atoms. The van der Waals surface area contributed by atoms with Gasteiger partial charge in [-0.05, 0) is 24.8 Å². The molecule has 2 heterocycles. The number of hydrogen-bond acceptors (Lipinski definition) is 4. The lowest BCUT2D eigenvalue weighted by molar-refractivity contribution is 0.182.